The van der Waals surface area contributed by atoms with Crippen LogP contribution in [0, 0.1) is 0 Å². The molecule has 1 aliphatic heterocycles. The fourth-order valence-electron chi connectivity index (χ4n) is 2.25. The third-order valence-corrected chi connectivity index (χ3v) is 3.32. The molecule has 1 atom stereocenters. The summed E-state index contributed by atoms with van der Waals surface area (Å²) < 4.78 is 1.74. The number of amides is 1. The Morgan fingerprint density at radius 3 is 2.78 bits per heavy atom. The van der Waals surface area contributed by atoms with E-state index in [4.69, 9.17) is 5.73 Å². The second-order valence-electron chi connectivity index (χ2n) is 4.76. The van der Waals surface area contributed by atoms with E-state index in [9.17, 15) is 4.79 Å². The van der Waals surface area contributed by atoms with Crippen LogP contribution in [0.15, 0.2) is 6.20 Å². The Morgan fingerprint density at radius 1 is 1.44 bits per heavy atom. The van der Waals surface area contributed by atoms with Crippen LogP contribution in [0.2, 0.25) is 0 Å². The number of nitrogens with zero attached hydrogens (tertiary/aromatic N) is 4. The van der Waals surface area contributed by atoms with E-state index in [1.54, 1.807) is 4.68 Å². The normalized spacial score (nSPS) is 17.8. The second-order valence-corrected chi connectivity index (χ2v) is 4.76. The summed E-state index contributed by atoms with van der Waals surface area (Å²) in [6, 6.07) is -0.495. The lowest BCUT2D eigenvalue weighted by atomic mass is 10.1. The van der Waals surface area contributed by atoms with Gasteiger partial charge in [-0.05, 0) is 26.2 Å². The van der Waals surface area contributed by atoms with Crippen molar-refractivity contribution in [1.82, 2.24) is 19.9 Å². The van der Waals surface area contributed by atoms with Gasteiger partial charge in [-0.2, -0.15) is 0 Å². The molecule has 0 aromatic carbocycles. The van der Waals surface area contributed by atoms with E-state index < -0.39 is 6.04 Å². The smallest absolute Gasteiger partial charge is 0.239 e. The van der Waals surface area contributed by atoms with Crippen LogP contribution in [-0.4, -0.2) is 44.9 Å². The molecule has 1 aromatic heterocycles. The number of aromatic nitrogens is 3. The van der Waals surface area contributed by atoms with Gasteiger partial charge in [-0.1, -0.05) is 5.21 Å². The number of carbonyl (C=O) groups excluding carboxylic acids is 1. The molecule has 0 bridgehead atoms. The van der Waals surface area contributed by atoms with Crippen LogP contribution in [0.25, 0.3) is 0 Å². The largest absolute Gasteiger partial charge is 0.341 e. The molecule has 6 heteroatoms. The third-order valence-electron chi connectivity index (χ3n) is 3.32. The highest BCUT2D eigenvalue weighted by Crippen LogP contribution is 2.10. The van der Waals surface area contributed by atoms with Gasteiger partial charge in [-0.3, -0.25) is 9.48 Å². The van der Waals surface area contributed by atoms with Crippen LogP contribution in [0.1, 0.15) is 31.9 Å². The summed E-state index contributed by atoms with van der Waals surface area (Å²) in [5.74, 6) is 0.0424. The maximum Gasteiger partial charge on any atom is 0.239 e. The molecular weight excluding hydrogens is 230 g/mol. The Bertz CT molecular complexity index is 397. The van der Waals surface area contributed by atoms with Crippen molar-refractivity contribution >= 4 is 5.91 Å². The Labute approximate surface area is 107 Å². The second kappa shape index (κ2) is 5.95. The van der Waals surface area contributed by atoms with Gasteiger partial charge in [0.15, 0.2) is 0 Å². The quantitative estimate of drug-likeness (QED) is 0.828. The number of nitrogens with two attached hydrogens (primary N) is 1. The summed E-state index contributed by atoms with van der Waals surface area (Å²) in [5.41, 5.74) is 6.75. The van der Waals surface area contributed by atoms with Crippen LogP contribution in [-0.2, 0) is 17.8 Å². The first-order valence-electron chi connectivity index (χ1n) is 6.64. The number of carbonyl (C=O) groups is 1. The maximum absolute atomic E-state index is 12.1. The Balaban J connectivity index is 1.89. The molecule has 1 saturated heterocycles. The Morgan fingerprint density at radius 2 is 2.17 bits per heavy atom. The molecule has 1 aromatic rings. The molecule has 1 amide bonds. The van der Waals surface area contributed by atoms with Crippen molar-refractivity contribution in [2.24, 2.45) is 5.73 Å². The average molecular weight is 251 g/mol. The molecule has 2 N–H and O–H groups in total. The number of piperidine rings is 1. The first-order valence-corrected chi connectivity index (χ1v) is 6.64. The molecule has 2 heterocycles. The van der Waals surface area contributed by atoms with Gasteiger partial charge in [0.05, 0.1) is 11.7 Å². The van der Waals surface area contributed by atoms with E-state index in [0.717, 1.165) is 38.2 Å². The molecule has 100 valence electrons. The number of hydrogen-bond acceptors (Lipinski definition) is 4. The van der Waals surface area contributed by atoms with Crippen LogP contribution in [0.3, 0.4) is 0 Å². The van der Waals surface area contributed by atoms with E-state index in [1.807, 2.05) is 18.0 Å². The molecule has 18 heavy (non-hydrogen) atoms. The van der Waals surface area contributed by atoms with Crippen LogP contribution in [0.4, 0.5) is 0 Å². The van der Waals surface area contributed by atoms with Crippen molar-refractivity contribution in [2.45, 2.75) is 45.2 Å². The zero-order valence-electron chi connectivity index (χ0n) is 10.9. The lowest BCUT2D eigenvalue weighted by Gasteiger charge is -2.28. The van der Waals surface area contributed by atoms with Crippen molar-refractivity contribution in [2.75, 3.05) is 13.1 Å². The molecule has 0 saturated carbocycles. The molecule has 0 radical (unpaired) electrons. The molecule has 6 nitrogen and oxygen atoms in total. The van der Waals surface area contributed by atoms with E-state index in [1.165, 1.54) is 6.42 Å². The molecule has 1 fully saturated rings. The number of aryl methyl sites for hydroxylation is 1. The van der Waals surface area contributed by atoms with E-state index >= 15 is 0 Å². The van der Waals surface area contributed by atoms with E-state index in [-0.39, 0.29) is 5.91 Å². The van der Waals surface area contributed by atoms with Crippen molar-refractivity contribution in [3.63, 3.8) is 0 Å². The number of rotatable bonds is 4. The minimum absolute atomic E-state index is 0.0424. The first-order chi connectivity index (χ1) is 8.70. The van der Waals surface area contributed by atoms with Crippen LogP contribution in [0.5, 0.6) is 0 Å². The zero-order chi connectivity index (χ0) is 13.0. The highest BCUT2D eigenvalue weighted by atomic mass is 16.2. The summed E-state index contributed by atoms with van der Waals surface area (Å²) in [6.45, 7) is 4.46. The van der Waals surface area contributed by atoms with Crippen molar-refractivity contribution in [3.8, 4) is 0 Å². The predicted octanol–water partition coefficient (Wildman–Crippen LogP) is 0.180. The average Bonchev–Trinajstić information content (AvgIpc) is 2.86. The van der Waals surface area contributed by atoms with Gasteiger partial charge in [0, 0.05) is 32.3 Å². The van der Waals surface area contributed by atoms with Crippen LogP contribution >= 0.6 is 0 Å². The molecular formula is C12H21N5O. The van der Waals surface area contributed by atoms with Gasteiger partial charge < -0.3 is 10.6 Å². The van der Waals surface area contributed by atoms with Crippen LogP contribution < -0.4 is 5.73 Å². The fraction of sp³-hybridized carbons (Fsp3) is 0.750. The first kappa shape index (κ1) is 13.0. The summed E-state index contributed by atoms with van der Waals surface area (Å²) in [7, 11) is 0. The predicted molar refractivity (Wildman–Crippen MR) is 67.8 cm³/mol. The molecule has 1 unspecified atom stereocenters. The monoisotopic (exact) mass is 251 g/mol. The van der Waals surface area contributed by atoms with Gasteiger partial charge in [-0.15, -0.1) is 5.10 Å². The standard InChI is InChI=1S/C12H21N5O/c1-2-17-9-10(14-15-17)8-11(13)12(18)16-6-4-3-5-7-16/h9,11H,2-8,13H2,1H3. The van der Waals surface area contributed by atoms with E-state index in [0.29, 0.717) is 6.42 Å². The SMILES string of the molecule is CCn1cc(CC(N)C(=O)N2CCCCC2)nn1. The molecule has 0 spiro atoms. The van der Waals surface area contributed by atoms with Gasteiger partial charge in [0.2, 0.25) is 5.91 Å². The lowest BCUT2D eigenvalue weighted by Crippen LogP contribution is -2.46. The zero-order valence-corrected chi connectivity index (χ0v) is 10.9. The summed E-state index contributed by atoms with van der Waals surface area (Å²) in [5, 5.41) is 7.96. The molecule has 0 aliphatic carbocycles. The maximum atomic E-state index is 12.1. The van der Waals surface area contributed by atoms with Gasteiger partial charge >= 0.3 is 0 Å². The lowest BCUT2D eigenvalue weighted by molar-refractivity contribution is -0.133. The summed E-state index contributed by atoms with van der Waals surface area (Å²) >= 11 is 0. The van der Waals surface area contributed by atoms with Crippen molar-refractivity contribution < 1.29 is 4.79 Å². The highest BCUT2D eigenvalue weighted by molar-refractivity contribution is 5.82. The van der Waals surface area contributed by atoms with Gasteiger partial charge in [0.1, 0.15) is 0 Å². The number of hydrogen-bond donors (Lipinski definition) is 1. The Kier molecular flexibility index (Phi) is 4.30. The minimum Gasteiger partial charge on any atom is -0.341 e. The van der Waals surface area contributed by atoms with Crippen molar-refractivity contribution in [3.05, 3.63) is 11.9 Å². The summed E-state index contributed by atoms with van der Waals surface area (Å²) in [6.07, 6.45) is 5.71. The van der Waals surface area contributed by atoms with Gasteiger partial charge in [0.25, 0.3) is 0 Å². The van der Waals surface area contributed by atoms with Gasteiger partial charge in [-0.25, -0.2) is 0 Å². The third kappa shape index (κ3) is 3.07. The molecule has 2 rings (SSSR count). The topological polar surface area (TPSA) is 77.0 Å². The van der Waals surface area contributed by atoms with E-state index in [2.05, 4.69) is 10.3 Å². The summed E-state index contributed by atoms with van der Waals surface area (Å²) in [4.78, 5) is 14.0. The highest BCUT2D eigenvalue weighted by Gasteiger charge is 2.23. The van der Waals surface area contributed by atoms with Crippen molar-refractivity contribution in [1.29, 1.82) is 0 Å². The fourth-order valence-corrected chi connectivity index (χ4v) is 2.25. The minimum atomic E-state index is -0.495. The molecule has 1 aliphatic rings. The Hall–Kier alpha value is -1.43. The number of likely N-dealkylation sites (tertiary alicyclic amines) is 1.